The van der Waals surface area contributed by atoms with E-state index >= 15 is 0 Å². The third-order valence-electron chi connectivity index (χ3n) is 4.75. The van der Waals surface area contributed by atoms with Gasteiger partial charge in [0.15, 0.2) is 0 Å². The van der Waals surface area contributed by atoms with E-state index in [4.69, 9.17) is 5.73 Å². The maximum Gasteiger partial charge on any atom is 0.0307 e. The number of nitrogens with two attached hydrogens (primary N) is 1. The number of benzene rings is 2. The third-order valence-corrected chi connectivity index (χ3v) is 5.24. The van der Waals surface area contributed by atoms with Gasteiger partial charge in [0.1, 0.15) is 0 Å². The summed E-state index contributed by atoms with van der Waals surface area (Å²) >= 11 is 3.52. The SMILES string of the molecule is NC(CCN1CCN(Cc2ccccc2)CC1)c1cccc(Br)c1. The molecule has 1 fully saturated rings. The summed E-state index contributed by atoms with van der Waals surface area (Å²) in [6.45, 7) is 6.69. The molecule has 4 heteroatoms. The van der Waals surface area contributed by atoms with Gasteiger partial charge >= 0.3 is 0 Å². The van der Waals surface area contributed by atoms with E-state index in [2.05, 4.69) is 74.3 Å². The molecular weight excluding hydrogens is 362 g/mol. The number of hydrogen-bond donors (Lipinski definition) is 1. The van der Waals surface area contributed by atoms with Gasteiger partial charge in [-0.3, -0.25) is 4.90 Å². The van der Waals surface area contributed by atoms with Crippen LogP contribution in [0.15, 0.2) is 59.1 Å². The summed E-state index contributed by atoms with van der Waals surface area (Å²) in [7, 11) is 0. The van der Waals surface area contributed by atoms with Gasteiger partial charge in [0.2, 0.25) is 0 Å². The van der Waals surface area contributed by atoms with Gasteiger partial charge in [-0.25, -0.2) is 0 Å². The molecule has 0 amide bonds. The van der Waals surface area contributed by atoms with Gasteiger partial charge in [-0.15, -0.1) is 0 Å². The van der Waals surface area contributed by atoms with Crippen LogP contribution in [0, 0.1) is 0 Å². The summed E-state index contributed by atoms with van der Waals surface area (Å²) < 4.78 is 1.10. The van der Waals surface area contributed by atoms with Crippen LogP contribution in [0.1, 0.15) is 23.6 Å². The molecular formula is C20H26BrN3. The number of rotatable bonds is 6. The van der Waals surface area contributed by atoms with E-state index in [1.807, 2.05) is 6.07 Å². The number of piperazine rings is 1. The molecule has 1 saturated heterocycles. The molecule has 1 unspecified atom stereocenters. The van der Waals surface area contributed by atoms with E-state index in [0.717, 1.165) is 50.2 Å². The van der Waals surface area contributed by atoms with E-state index < -0.39 is 0 Å². The van der Waals surface area contributed by atoms with E-state index in [1.165, 1.54) is 11.1 Å². The molecule has 0 bridgehead atoms. The average Bonchev–Trinajstić information content (AvgIpc) is 2.62. The quantitative estimate of drug-likeness (QED) is 0.820. The normalized spacial score (nSPS) is 17.8. The Hall–Kier alpha value is -1.20. The van der Waals surface area contributed by atoms with E-state index in [9.17, 15) is 0 Å². The molecule has 2 N–H and O–H groups in total. The molecule has 0 saturated carbocycles. The van der Waals surface area contributed by atoms with E-state index in [1.54, 1.807) is 0 Å². The Kier molecular flexibility index (Phi) is 6.44. The van der Waals surface area contributed by atoms with E-state index in [-0.39, 0.29) is 6.04 Å². The minimum atomic E-state index is 0.116. The van der Waals surface area contributed by atoms with Gasteiger partial charge in [0.05, 0.1) is 0 Å². The van der Waals surface area contributed by atoms with Crippen LogP contribution in [0.3, 0.4) is 0 Å². The van der Waals surface area contributed by atoms with Crippen LogP contribution in [0.2, 0.25) is 0 Å². The van der Waals surface area contributed by atoms with Crippen molar-refractivity contribution in [3.63, 3.8) is 0 Å². The molecule has 3 nitrogen and oxygen atoms in total. The van der Waals surface area contributed by atoms with Gasteiger partial charge in [-0.2, -0.15) is 0 Å². The van der Waals surface area contributed by atoms with Crippen LogP contribution in [0.25, 0.3) is 0 Å². The predicted molar refractivity (Wildman–Crippen MR) is 104 cm³/mol. The van der Waals surface area contributed by atoms with Gasteiger partial charge in [-0.1, -0.05) is 58.4 Å². The molecule has 2 aromatic rings. The van der Waals surface area contributed by atoms with Crippen molar-refractivity contribution in [1.29, 1.82) is 0 Å². The summed E-state index contributed by atoms with van der Waals surface area (Å²) in [6, 6.07) is 19.2. The van der Waals surface area contributed by atoms with Gasteiger partial charge in [0.25, 0.3) is 0 Å². The zero-order valence-electron chi connectivity index (χ0n) is 14.1. The first-order chi connectivity index (χ1) is 11.7. The van der Waals surface area contributed by atoms with Crippen LogP contribution in [-0.2, 0) is 6.54 Å². The molecule has 0 aromatic heterocycles. The maximum atomic E-state index is 6.35. The molecule has 0 radical (unpaired) electrons. The first kappa shape index (κ1) is 17.6. The summed E-state index contributed by atoms with van der Waals surface area (Å²) in [5.74, 6) is 0. The Morgan fingerprint density at radius 1 is 0.917 bits per heavy atom. The van der Waals surface area contributed by atoms with Crippen molar-refractivity contribution in [3.05, 3.63) is 70.2 Å². The van der Waals surface area contributed by atoms with Crippen LogP contribution in [-0.4, -0.2) is 42.5 Å². The lowest BCUT2D eigenvalue weighted by Gasteiger charge is -2.35. The topological polar surface area (TPSA) is 32.5 Å². The number of hydrogen-bond acceptors (Lipinski definition) is 3. The standard InChI is InChI=1S/C20H26BrN3/c21-19-8-4-7-18(15-19)20(22)9-10-23-11-13-24(14-12-23)16-17-5-2-1-3-6-17/h1-8,15,20H,9-14,16,22H2. The fourth-order valence-electron chi connectivity index (χ4n) is 3.24. The fourth-order valence-corrected chi connectivity index (χ4v) is 3.66. The maximum absolute atomic E-state index is 6.35. The highest BCUT2D eigenvalue weighted by molar-refractivity contribution is 9.10. The summed E-state index contributed by atoms with van der Waals surface area (Å²) in [5, 5.41) is 0. The highest BCUT2D eigenvalue weighted by atomic mass is 79.9. The Bertz CT molecular complexity index is 624. The second-order valence-corrected chi connectivity index (χ2v) is 7.47. The summed E-state index contributed by atoms with van der Waals surface area (Å²) in [6.07, 6.45) is 1.01. The number of nitrogens with zero attached hydrogens (tertiary/aromatic N) is 2. The lowest BCUT2D eigenvalue weighted by molar-refractivity contribution is 0.124. The van der Waals surface area contributed by atoms with Crippen molar-refractivity contribution in [3.8, 4) is 0 Å². The van der Waals surface area contributed by atoms with Crippen LogP contribution in [0.5, 0.6) is 0 Å². The zero-order chi connectivity index (χ0) is 16.8. The van der Waals surface area contributed by atoms with E-state index in [0.29, 0.717) is 0 Å². The van der Waals surface area contributed by atoms with Crippen molar-refractivity contribution < 1.29 is 0 Å². The Balaban J connectivity index is 1.41. The van der Waals surface area contributed by atoms with Gasteiger partial charge < -0.3 is 10.6 Å². The number of halogens is 1. The molecule has 24 heavy (non-hydrogen) atoms. The van der Waals surface area contributed by atoms with Crippen molar-refractivity contribution in [2.75, 3.05) is 32.7 Å². The van der Waals surface area contributed by atoms with Crippen molar-refractivity contribution in [2.45, 2.75) is 19.0 Å². The first-order valence-electron chi connectivity index (χ1n) is 8.70. The highest BCUT2D eigenvalue weighted by Gasteiger charge is 2.17. The molecule has 3 rings (SSSR count). The average molecular weight is 388 g/mol. The second-order valence-electron chi connectivity index (χ2n) is 6.55. The molecule has 1 heterocycles. The Morgan fingerprint density at radius 2 is 1.62 bits per heavy atom. The van der Waals surface area contributed by atoms with Crippen molar-refractivity contribution in [2.24, 2.45) is 5.73 Å². The minimum Gasteiger partial charge on any atom is -0.324 e. The first-order valence-corrected chi connectivity index (χ1v) is 9.50. The monoisotopic (exact) mass is 387 g/mol. The van der Waals surface area contributed by atoms with Crippen LogP contribution in [0.4, 0.5) is 0 Å². The molecule has 1 atom stereocenters. The van der Waals surface area contributed by atoms with Crippen molar-refractivity contribution >= 4 is 15.9 Å². The van der Waals surface area contributed by atoms with Gasteiger partial charge in [-0.05, 0) is 29.7 Å². The van der Waals surface area contributed by atoms with Gasteiger partial charge in [0, 0.05) is 49.8 Å². The Morgan fingerprint density at radius 3 is 2.33 bits per heavy atom. The molecule has 2 aromatic carbocycles. The molecule has 128 valence electrons. The molecule has 0 aliphatic carbocycles. The predicted octanol–water partition coefficient (Wildman–Crippen LogP) is 3.66. The third kappa shape index (κ3) is 5.15. The lowest BCUT2D eigenvalue weighted by Crippen LogP contribution is -2.46. The fraction of sp³-hybridized carbons (Fsp3) is 0.400. The Labute approximate surface area is 153 Å². The summed E-state index contributed by atoms with van der Waals surface area (Å²) in [5.41, 5.74) is 8.97. The minimum absolute atomic E-state index is 0.116. The zero-order valence-corrected chi connectivity index (χ0v) is 15.7. The largest absolute Gasteiger partial charge is 0.324 e. The second kappa shape index (κ2) is 8.77. The molecule has 1 aliphatic rings. The molecule has 0 spiro atoms. The molecule has 1 aliphatic heterocycles. The van der Waals surface area contributed by atoms with Crippen molar-refractivity contribution in [1.82, 2.24) is 9.80 Å². The van der Waals surface area contributed by atoms with Crippen LogP contribution >= 0.6 is 15.9 Å². The highest BCUT2D eigenvalue weighted by Crippen LogP contribution is 2.19. The lowest BCUT2D eigenvalue weighted by atomic mass is 10.0. The van der Waals surface area contributed by atoms with Crippen LogP contribution < -0.4 is 5.73 Å². The smallest absolute Gasteiger partial charge is 0.0307 e. The summed E-state index contributed by atoms with van der Waals surface area (Å²) in [4.78, 5) is 5.08.